The highest BCUT2D eigenvalue weighted by Gasteiger charge is 2.20. The summed E-state index contributed by atoms with van der Waals surface area (Å²) in [4.78, 5) is 26.5. The number of nitrogens with one attached hydrogen (secondary N) is 1. The zero-order valence-corrected chi connectivity index (χ0v) is 18.0. The van der Waals surface area contributed by atoms with E-state index in [0.29, 0.717) is 18.2 Å². The fourth-order valence-corrected chi connectivity index (χ4v) is 4.60. The normalized spacial score (nSPS) is 19.8. The molecule has 1 atom stereocenters. The summed E-state index contributed by atoms with van der Waals surface area (Å²) in [5, 5.41) is 3.08. The van der Waals surface area contributed by atoms with Gasteiger partial charge < -0.3 is 10.2 Å². The number of hydrogen-bond donors (Lipinski definition) is 1. The van der Waals surface area contributed by atoms with Crippen molar-refractivity contribution >= 4 is 11.9 Å². The van der Waals surface area contributed by atoms with Crippen LogP contribution in [0, 0.1) is 0 Å². The third-order valence-electron chi connectivity index (χ3n) is 6.38. The van der Waals surface area contributed by atoms with Crippen molar-refractivity contribution in [1.82, 2.24) is 20.2 Å². The molecule has 1 aromatic carbocycles. The molecule has 1 N–H and O–H groups in total. The van der Waals surface area contributed by atoms with E-state index in [-0.39, 0.29) is 5.91 Å². The van der Waals surface area contributed by atoms with Gasteiger partial charge >= 0.3 is 0 Å². The first-order chi connectivity index (χ1) is 14.7. The highest BCUT2D eigenvalue weighted by Crippen LogP contribution is 2.22. The second-order valence-electron chi connectivity index (χ2n) is 8.36. The zero-order valence-electron chi connectivity index (χ0n) is 18.0. The summed E-state index contributed by atoms with van der Waals surface area (Å²) in [6.07, 6.45) is 9.31. The maximum Gasteiger partial charge on any atom is 0.251 e. The van der Waals surface area contributed by atoms with E-state index < -0.39 is 0 Å². The maximum absolute atomic E-state index is 12.6. The topological polar surface area (TPSA) is 61.4 Å². The van der Waals surface area contributed by atoms with Crippen LogP contribution in [0.2, 0.25) is 0 Å². The van der Waals surface area contributed by atoms with E-state index in [0.717, 1.165) is 43.4 Å². The van der Waals surface area contributed by atoms with E-state index in [2.05, 4.69) is 27.0 Å². The summed E-state index contributed by atoms with van der Waals surface area (Å²) in [6.45, 7) is 7.10. The number of rotatable bonds is 7. The van der Waals surface area contributed by atoms with Crippen LogP contribution in [0.3, 0.4) is 0 Å². The number of nitrogens with zero attached hydrogens (tertiary/aromatic N) is 4. The van der Waals surface area contributed by atoms with Crippen LogP contribution in [-0.4, -0.2) is 59.5 Å². The van der Waals surface area contributed by atoms with E-state index in [1.54, 1.807) is 0 Å². The number of hydrogen-bond acceptors (Lipinski definition) is 5. The molecule has 6 nitrogen and oxygen atoms in total. The Morgan fingerprint density at radius 1 is 1.07 bits per heavy atom. The number of benzene rings is 1. The molecule has 1 amide bonds. The standard InChI is InChI=1S/C24H33N5O/c1-2-21-7-3-4-15-28(21)18-14-25-23(30)20-10-8-19(9-11-20)22-12-13-26-24(27-22)29-16-5-6-17-29/h8-13,21H,2-7,14-18H2,1H3,(H,25,30)/t21-/m1/s1. The average Bonchev–Trinajstić information content (AvgIpc) is 3.35. The van der Waals surface area contributed by atoms with Gasteiger partial charge in [0.1, 0.15) is 0 Å². The third kappa shape index (κ3) is 4.98. The Kier molecular flexibility index (Phi) is 6.95. The number of anilines is 1. The van der Waals surface area contributed by atoms with Crippen LogP contribution in [0.5, 0.6) is 0 Å². The van der Waals surface area contributed by atoms with E-state index in [1.807, 2.05) is 36.5 Å². The van der Waals surface area contributed by atoms with Crippen molar-refractivity contribution in [2.45, 2.75) is 51.5 Å². The molecular formula is C24H33N5O. The highest BCUT2D eigenvalue weighted by atomic mass is 16.1. The first-order valence-electron chi connectivity index (χ1n) is 11.5. The molecule has 0 aliphatic carbocycles. The molecule has 2 aliphatic rings. The zero-order chi connectivity index (χ0) is 20.8. The van der Waals surface area contributed by atoms with E-state index in [9.17, 15) is 4.79 Å². The van der Waals surface area contributed by atoms with Gasteiger partial charge in [0.05, 0.1) is 5.69 Å². The van der Waals surface area contributed by atoms with Crippen LogP contribution in [0.15, 0.2) is 36.5 Å². The SMILES string of the molecule is CC[C@@H]1CCCCN1CCNC(=O)c1ccc(-c2ccnc(N3CCCC3)n2)cc1. The molecule has 4 rings (SSSR count). The molecular weight excluding hydrogens is 374 g/mol. The molecule has 2 aromatic rings. The van der Waals surface area contributed by atoms with Gasteiger partial charge in [-0.1, -0.05) is 25.5 Å². The second-order valence-corrected chi connectivity index (χ2v) is 8.36. The lowest BCUT2D eigenvalue weighted by Crippen LogP contribution is -2.43. The predicted molar refractivity (Wildman–Crippen MR) is 121 cm³/mol. The molecule has 160 valence electrons. The molecule has 1 aromatic heterocycles. The molecule has 6 heteroatoms. The molecule has 0 unspecified atom stereocenters. The second kappa shape index (κ2) is 10.0. The Bertz CT molecular complexity index is 832. The lowest BCUT2D eigenvalue weighted by atomic mass is 10.0. The largest absolute Gasteiger partial charge is 0.351 e. The summed E-state index contributed by atoms with van der Waals surface area (Å²) in [5.41, 5.74) is 2.60. The summed E-state index contributed by atoms with van der Waals surface area (Å²) in [5.74, 6) is 0.793. The van der Waals surface area contributed by atoms with Crippen LogP contribution in [0.1, 0.15) is 55.8 Å². The number of carbonyl (C=O) groups excluding carboxylic acids is 1. The van der Waals surface area contributed by atoms with Gasteiger partial charge in [-0.25, -0.2) is 9.97 Å². The predicted octanol–water partition coefficient (Wildman–Crippen LogP) is 3.74. The van der Waals surface area contributed by atoms with Gasteiger partial charge in [0.15, 0.2) is 0 Å². The fourth-order valence-electron chi connectivity index (χ4n) is 4.60. The molecule has 2 saturated heterocycles. The molecule has 0 spiro atoms. The summed E-state index contributed by atoms with van der Waals surface area (Å²) in [7, 11) is 0. The van der Waals surface area contributed by atoms with Crippen molar-refractivity contribution in [3.8, 4) is 11.3 Å². The molecule has 0 bridgehead atoms. The molecule has 3 heterocycles. The third-order valence-corrected chi connectivity index (χ3v) is 6.38. The van der Waals surface area contributed by atoms with Crippen LogP contribution in [-0.2, 0) is 0 Å². The Labute approximate surface area is 179 Å². The van der Waals surface area contributed by atoms with Crippen molar-refractivity contribution < 1.29 is 4.79 Å². The van der Waals surface area contributed by atoms with E-state index in [4.69, 9.17) is 4.98 Å². The average molecular weight is 408 g/mol. The van der Waals surface area contributed by atoms with Crippen LogP contribution < -0.4 is 10.2 Å². The van der Waals surface area contributed by atoms with Crippen LogP contribution in [0.25, 0.3) is 11.3 Å². The monoisotopic (exact) mass is 407 g/mol. The first-order valence-corrected chi connectivity index (χ1v) is 11.5. The molecule has 2 aliphatic heterocycles. The van der Waals surface area contributed by atoms with Crippen molar-refractivity contribution in [1.29, 1.82) is 0 Å². The molecule has 0 radical (unpaired) electrons. The lowest BCUT2D eigenvalue weighted by molar-refractivity contribution is 0.0934. The van der Waals surface area contributed by atoms with Crippen molar-refractivity contribution in [3.63, 3.8) is 0 Å². The van der Waals surface area contributed by atoms with Crippen molar-refractivity contribution in [2.24, 2.45) is 0 Å². The smallest absolute Gasteiger partial charge is 0.251 e. The lowest BCUT2D eigenvalue weighted by Gasteiger charge is -2.35. The minimum Gasteiger partial charge on any atom is -0.351 e. The van der Waals surface area contributed by atoms with Crippen LogP contribution in [0.4, 0.5) is 5.95 Å². The Morgan fingerprint density at radius 3 is 2.60 bits per heavy atom. The molecule has 0 saturated carbocycles. The minimum absolute atomic E-state index is 0.00736. The van der Waals surface area contributed by atoms with Gasteiger partial charge in [0, 0.05) is 49.5 Å². The maximum atomic E-state index is 12.6. The summed E-state index contributed by atoms with van der Waals surface area (Å²) < 4.78 is 0. The van der Waals surface area contributed by atoms with Crippen molar-refractivity contribution in [2.75, 3.05) is 37.6 Å². The quantitative estimate of drug-likeness (QED) is 0.758. The van der Waals surface area contributed by atoms with Gasteiger partial charge in [0.25, 0.3) is 5.91 Å². The van der Waals surface area contributed by atoms with Gasteiger partial charge in [0.2, 0.25) is 5.95 Å². The van der Waals surface area contributed by atoms with Gasteiger partial charge in [-0.15, -0.1) is 0 Å². The highest BCUT2D eigenvalue weighted by molar-refractivity contribution is 5.94. The number of amides is 1. The van der Waals surface area contributed by atoms with Gasteiger partial charge in [-0.05, 0) is 56.8 Å². The van der Waals surface area contributed by atoms with Crippen LogP contribution >= 0.6 is 0 Å². The van der Waals surface area contributed by atoms with Gasteiger partial charge in [-0.3, -0.25) is 9.69 Å². The first kappa shape index (κ1) is 20.8. The Hall–Kier alpha value is -2.47. The Morgan fingerprint density at radius 2 is 1.83 bits per heavy atom. The number of carbonyl (C=O) groups is 1. The minimum atomic E-state index is -0.00736. The van der Waals surface area contributed by atoms with E-state index >= 15 is 0 Å². The number of aromatic nitrogens is 2. The van der Waals surface area contributed by atoms with Crippen molar-refractivity contribution in [3.05, 3.63) is 42.1 Å². The summed E-state index contributed by atoms with van der Waals surface area (Å²) >= 11 is 0. The summed E-state index contributed by atoms with van der Waals surface area (Å²) in [6, 6.07) is 10.3. The molecule has 2 fully saturated rings. The Balaban J connectivity index is 1.33. The number of piperidine rings is 1. The van der Waals surface area contributed by atoms with E-state index in [1.165, 1.54) is 38.5 Å². The fraction of sp³-hybridized carbons (Fsp3) is 0.542. The van der Waals surface area contributed by atoms with Gasteiger partial charge in [-0.2, -0.15) is 0 Å². The number of likely N-dealkylation sites (tertiary alicyclic amines) is 1. The molecule has 30 heavy (non-hydrogen) atoms.